The summed E-state index contributed by atoms with van der Waals surface area (Å²) < 4.78 is 5.49. The third-order valence-corrected chi connectivity index (χ3v) is 5.93. The number of carbonyl (C=O) groups excluding carboxylic acids is 2. The summed E-state index contributed by atoms with van der Waals surface area (Å²) in [5.41, 5.74) is 0. The summed E-state index contributed by atoms with van der Waals surface area (Å²) in [7, 11) is 0. The summed E-state index contributed by atoms with van der Waals surface area (Å²) in [4.78, 5) is 26.9. The van der Waals surface area contributed by atoms with Crippen LogP contribution in [0.15, 0.2) is 0 Å². The molecule has 2 unspecified atom stereocenters. The second-order valence-corrected chi connectivity index (χ2v) is 8.51. The minimum absolute atomic E-state index is 0. The molecule has 7 heteroatoms. The van der Waals surface area contributed by atoms with Gasteiger partial charge in [-0.05, 0) is 70.9 Å². The van der Waals surface area contributed by atoms with Gasteiger partial charge in [0.15, 0.2) is 0 Å². The average Bonchev–Trinajstić information content (AvgIpc) is 2.68. The first-order chi connectivity index (χ1) is 13.0. The van der Waals surface area contributed by atoms with Crippen LogP contribution in [0.2, 0.25) is 0 Å². The monoisotopic (exact) mass is 417 g/mol. The Morgan fingerprint density at radius 3 is 2.50 bits per heavy atom. The van der Waals surface area contributed by atoms with Crippen LogP contribution in [0.5, 0.6) is 0 Å². The van der Waals surface area contributed by atoms with Crippen LogP contribution in [0.25, 0.3) is 0 Å². The molecule has 0 radical (unpaired) electrons. The van der Waals surface area contributed by atoms with Crippen LogP contribution in [-0.2, 0) is 14.3 Å². The van der Waals surface area contributed by atoms with E-state index >= 15 is 0 Å². The highest BCUT2D eigenvalue weighted by Gasteiger charge is 2.29. The van der Waals surface area contributed by atoms with E-state index in [4.69, 9.17) is 4.74 Å². The molecule has 2 heterocycles. The van der Waals surface area contributed by atoms with Gasteiger partial charge in [-0.2, -0.15) is 0 Å². The van der Waals surface area contributed by atoms with Crippen LogP contribution in [-0.4, -0.2) is 62.1 Å². The molecule has 2 aliphatic rings. The lowest BCUT2D eigenvalue weighted by Crippen LogP contribution is -2.44. The van der Waals surface area contributed by atoms with Gasteiger partial charge in [0.2, 0.25) is 11.8 Å². The second-order valence-electron chi connectivity index (χ2n) is 8.51. The van der Waals surface area contributed by atoms with E-state index in [1.54, 1.807) is 0 Å². The van der Waals surface area contributed by atoms with Crippen molar-refractivity contribution in [1.29, 1.82) is 0 Å². The average molecular weight is 418 g/mol. The topological polar surface area (TPSA) is 70.7 Å². The summed E-state index contributed by atoms with van der Waals surface area (Å²) in [6, 6.07) is 0. The van der Waals surface area contributed by atoms with Gasteiger partial charge >= 0.3 is 0 Å². The highest BCUT2D eigenvalue weighted by atomic mass is 35.5. The van der Waals surface area contributed by atoms with E-state index in [9.17, 15) is 9.59 Å². The first-order valence-electron chi connectivity index (χ1n) is 10.8. The lowest BCUT2D eigenvalue weighted by Gasteiger charge is -2.34. The Kier molecular flexibility index (Phi) is 12.0. The number of likely N-dealkylation sites (tertiary alicyclic amines) is 1. The number of halogens is 1. The van der Waals surface area contributed by atoms with Crippen molar-refractivity contribution < 1.29 is 14.3 Å². The Hall–Kier alpha value is -0.850. The number of nitrogens with zero attached hydrogens (tertiary/aromatic N) is 1. The Morgan fingerprint density at radius 1 is 1.18 bits per heavy atom. The van der Waals surface area contributed by atoms with Crippen LogP contribution in [0.3, 0.4) is 0 Å². The molecule has 2 amide bonds. The third kappa shape index (κ3) is 8.66. The Balaban J connectivity index is 0.00000392. The molecule has 0 aromatic heterocycles. The number of carbonyl (C=O) groups is 2. The summed E-state index contributed by atoms with van der Waals surface area (Å²) in [5.74, 6) is 1.48. The van der Waals surface area contributed by atoms with Crippen molar-refractivity contribution in [3.63, 3.8) is 0 Å². The minimum Gasteiger partial charge on any atom is -0.379 e. The SMILES string of the molecule is CC(C)OCCCNC(=O)C1CCN(C(=O)CC(C)C2CCCNC2)CC1.Cl. The van der Waals surface area contributed by atoms with E-state index in [1.165, 1.54) is 12.8 Å². The largest absolute Gasteiger partial charge is 0.379 e. The fourth-order valence-electron chi connectivity index (χ4n) is 4.07. The van der Waals surface area contributed by atoms with Crippen LogP contribution >= 0.6 is 12.4 Å². The maximum Gasteiger partial charge on any atom is 0.223 e. The zero-order chi connectivity index (χ0) is 19.6. The maximum absolute atomic E-state index is 12.6. The van der Waals surface area contributed by atoms with Gasteiger partial charge in [0.1, 0.15) is 0 Å². The van der Waals surface area contributed by atoms with E-state index in [0.717, 1.165) is 32.4 Å². The Labute approximate surface area is 176 Å². The third-order valence-electron chi connectivity index (χ3n) is 5.93. The lowest BCUT2D eigenvalue weighted by molar-refractivity contribution is -0.136. The molecule has 2 saturated heterocycles. The number of rotatable bonds is 9. The zero-order valence-electron chi connectivity index (χ0n) is 17.9. The Bertz CT molecular complexity index is 462. The van der Waals surface area contributed by atoms with E-state index in [2.05, 4.69) is 17.6 Å². The van der Waals surface area contributed by atoms with Gasteiger partial charge in [-0.15, -0.1) is 12.4 Å². The highest BCUT2D eigenvalue weighted by Crippen LogP contribution is 2.25. The molecule has 0 spiro atoms. The summed E-state index contributed by atoms with van der Waals surface area (Å²) >= 11 is 0. The van der Waals surface area contributed by atoms with E-state index < -0.39 is 0 Å². The normalized spacial score (nSPS) is 21.9. The standard InChI is InChI=1S/C21H39N3O3.ClH/c1-16(2)27-13-5-10-23-21(26)18-7-11-24(12-8-18)20(25)14-17(3)19-6-4-9-22-15-19;/h16-19,22H,4-15H2,1-3H3,(H,23,26);1H. The highest BCUT2D eigenvalue weighted by molar-refractivity contribution is 5.85. The molecule has 6 nitrogen and oxygen atoms in total. The summed E-state index contributed by atoms with van der Waals surface area (Å²) in [6.07, 6.45) is 5.71. The van der Waals surface area contributed by atoms with Crippen molar-refractivity contribution in [2.75, 3.05) is 39.3 Å². The molecule has 2 N–H and O–H groups in total. The Morgan fingerprint density at radius 2 is 1.89 bits per heavy atom. The molecule has 2 atom stereocenters. The van der Waals surface area contributed by atoms with E-state index in [1.807, 2.05) is 18.7 Å². The van der Waals surface area contributed by atoms with Crippen molar-refractivity contribution in [2.45, 2.75) is 65.4 Å². The number of ether oxygens (including phenoxy) is 1. The van der Waals surface area contributed by atoms with Gasteiger partial charge in [0.25, 0.3) is 0 Å². The first-order valence-corrected chi connectivity index (χ1v) is 10.8. The lowest BCUT2D eigenvalue weighted by atomic mass is 9.85. The quantitative estimate of drug-likeness (QED) is 0.566. The second kappa shape index (κ2) is 13.4. The molecule has 164 valence electrons. The van der Waals surface area contributed by atoms with Crippen molar-refractivity contribution in [3.05, 3.63) is 0 Å². The molecule has 28 heavy (non-hydrogen) atoms. The molecule has 0 saturated carbocycles. The van der Waals surface area contributed by atoms with Gasteiger partial charge in [-0.3, -0.25) is 9.59 Å². The molecule has 2 rings (SSSR count). The van der Waals surface area contributed by atoms with Crippen molar-refractivity contribution >= 4 is 24.2 Å². The molecule has 2 fully saturated rings. The molecule has 0 aromatic carbocycles. The fraction of sp³-hybridized carbons (Fsp3) is 0.905. The maximum atomic E-state index is 12.6. The molecule has 2 aliphatic heterocycles. The predicted molar refractivity (Wildman–Crippen MR) is 115 cm³/mol. The van der Waals surface area contributed by atoms with Crippen molar-refractivity contribution in [3.8, 4) is 0 Å². The van der Waals surface area contributed by atoms with E-state index in [-0.39, 0.29) is 36.2 Å². The summed E-state index contributed by atoms with van der Waals surface area (Å²) in [6.45, 7) is 11.2. The van der Waals surface area contributed by atoms with Crippen LogP contribution in [0.1, 0.15) is 59.3 Å². The van der Waals surface area contributed by atoms with Gasteiger partial charge in [-0.1, -0.05) is 6.92 Å². The molecule has 0 bridgehead atoms. The van der Waals surface area contributed by atoms with Gasteiger partial charge in [-0.25, -0.2) is 0 Å². The van der Waals surface area contributed by atoms with Gasteiger partial charge < -0.3 is 20.3 Å². The smallest absolute Gasteiger partial charge is 0.223 e. The van der Waals surface area contributed by atoms with Crippen LogP contribution < -0.4 is 10.6 Å². The van der Waals surface area contributed by atoms with Gasteiger partial charge in [0.05, 0.1) is 6.10 Å². The first kappa shape index (κ1) is 25.2. The fourth-order valence-corrected chi connectivity index (χ4v) is 4.07. The van der Waals surface area contributed by atoms with Crippen molar-refractivity contribution in [1.82, 2.24) is 15.5 Å². The number of amides is 2. The van der Waals surface area contributed by atoms with Crippen LogP contribution in [0, 0.1) is 17.8 Å². The number of nitrogens with one attached hydrogen (secondary N) is 2. The van der Waals surface area contributed by atoms with Crippen molar-refractivity contribution in [2.24, 2.45) is 17.8 Å². The minimum atomic E-state index is 0. The number of hydrogen-bond acceptors (Lipinski definition) is 4. The predicted octanol–water partition coefficient (Wildman–Crippen LogP) is 2.60. The molecule has 0 aliphatic carbocycles. The summed E-state index contributed by atoms with van der Waals surface area (Å²) in [5, 5.41) is 6.46. The number of hydrogen-bond donors (Lipinski definition) is 2. The molecule has 0 aromatic rings. The van der Waals surface area contributed by atoms with Crippen LogP contribution in [0.4, 0.5) is 0 Å². The number of piperidine rings is 2. The zero-order valence-corrected chi connectivity index (χ0v) is 18.7. The van der Waals surface area contributed by atoms with E-state index in [0.29, 0.717) is 44.5 Å². The molecular formula is C21H40ClN3O3. The molecular weight excluding hydrogens is 378 g/mol. The van der Waals surface area contributed by atoms with Gasteiger partial charge in [0, 0.05) is 38.6 Å².